The fourth-order valence-electron chi connectivity index (χ4n) is 1.34. The van der Waals surface area contributed by atoms with E-state index < -0.39 is 6.03 Å². The summed E-state index contributed by atoms with van der Waals surface area (Å²) in [5.41, 5.74) is 6.14. The largest absolute Gasteiger partial charge is 0.351 e. The van der Waals surface area contributed by atoms with Gasteiger partial charge in [0.15, 0.2) is 0 Å². The summed E-state index contributed by atoms with van der Waals surface area (Å²) in [5, 5.41) is 2.74. The first-order valence-electron chi connectivity index (χ1n) is 4.47. The van der Waals surface area contributed by atoms with Crippen LogP contribution >= 0.6 is 11.3 Å². The van der Waals surface area contributed by atoms with Crippen molar-refractivity contribution < 1.29 is 4.79 Å². The third-order valence-electron chi connectivity index (χ3n) is 1.96. The molecule has 15 heavy (non-hydrogen) atoms. The lowest BCUT2D eigenvalue weighted by Crippen LogP contribution is -2.30. The quantitative estimate of drug-likeness (QED) is 0.827. The molecular weight excluding hydrogens is 208 g/mol. The smallest absolute Gasteiger partial charge is 0.324 e. The summed E-state index contributed by atoms with van der Waals surface area (Å²) in [7, 11) is 0. The van der Waals surface area contributed by atoms with Crippen LogP contribution < -0.4 is 10.6 Å². The van der Waals surface area contributed by atoms with Gasteiger partial charge >= 0.3 is 6.03 Å². The Morgan fingerprint density at radius 2 is 1.87 bits per heavy atom. The van der Waals surface area contributed by atoms with Crippen LogP contribution in [0.25, 0.3) is 0 Å². The van der Waals surface area contributed by atoms with Crippen LogP contribution in [-0.2, 0) is 0 Å². The molecule has 0 atom stereocenters. The van der Waals surface area contributed by atoms with Crippen LogP contribution in [-0.4, -0.2) is 6.03 Å². The van der Waals surface area contributed by atoms with E-state index in [1.807, 2.05) is 47.8 Å². The van der Waals surface area contributed by atoms with Gasteiger partial charge in [0, 0.05) is 0 Å². The van der Waals surface area contributed by atoms with Crippen LogP contribution in [0.1, 0.15) is 0 Å². The van der Waals surface area contributed by atoms with E-state index in [2.05, 4.69) is 0 Å². The van der Waals surface area contributed by atoms with Crippen molar-refractivity contribution in [2.45, 2.75) is 0 Å². The SMILES string of the molecule is NC(=O)N(c1ccccc1)c1cccs1. The van der Waals surface area contributed by atoms with Crippen molar-refractivity contribution in [3.05, 3.63) is 47.8 Å². The Morgan fingerprint density at radius 1 is 1.13 bits per heavy atom. The number of benzene rings is 1. The third-order valence-corrected chi connectivity index (χ3v) is 2.81. The minimum absolute atomic E-state index is 0.469. The molecule has 1 aromatic heterocycles. The second kappa shape index (κ2) is 4.14. The van der Waals surface area contributed by atoms with Gasteiger partial charge in [0.1, 0.15) is 5.00 Å². The van der Waals surface area contributed by atoms with E-state index in [9.17, 15) is 4.79 Å². The number of nitrogens with two attached hydrogens (primary N) is 1. The average Bonchev–Trinajstić information content (AvgIpc) is 2.72. The highest BCUT2D eigenvalue weighted by Crippen LogP contribution is 2.28. The lowest BCUT2D eigenvalue weighted by atomic mass is 10.3. The van der Waals surface area contributed by atoms with Gasteiger partial charge in [0.2, 0.25) is 0 Å². The standard InChI is InChI=1S/C11H10N2OS/c12-11(14)13(10-7-4-8-15-10)9-5-2-1-3-6-9/h1-8H,(H2,12,14). The van der Waals surface area contributed by atoms with Crippen molar-refractivity contribution in [3.63, 3.8) is 0 Å². The molecule has 0 saturated heterocycles. The molecule has 3 nitrogen and oxygen atoms in total. The normalized spacial score (nSPS) is 9.87. The zero-order valence-corrected chi connectivity index (χ0v) is 8.78. The first-order valence-corrected chi connectivity index (χ1v) is 5.35. The Morgan fingerprint density at radius 3 is 2.40 bits per heavy atom. The number of primary amides is 1. The van der Waals surface area contributed by atoms with Crippen LogP contribution in [0.3, 0.4) is 0 Å². The molecule has 0 aliphatic carbocycles. The van der Waals surface area contributed by atoms with Crippen LogP contribution in [0.2, 0.25) is 0 Å². The van der Waals surface area contributed by atoms with Crippen LogP contribution in [0.5, 0.6) is 0 Å². The Balaban J connectivity index is 2.42. The predicted octanol–water partition coefficient (Wildman–Crippen LogP) is 2.96. The van der Waals surface area contributed by atoms with E-state index >= 15 is 0 Å². The number of urea groups is 1. The van der Waals surface area contributed by atoms with E-state index in [1.165, 1.54) is 16.2 Å². The Bertz CT molecular complexity index is 439. The number of carbonyl (C=O) groups is 1. The summed E-state index contributed by atoms with van der Waals surface area (Å²) in [6.07, 6.45) is 0. The van der Waals surface area contributed by atoms with Gasteiger partial charge in [-0.05, 0) is 29.6 Å². The van der Waals surface area contributed by atoms with E-state index in [4.69, 9.17) is 5.73 Å². The molecule has 0 unspecified atom stereocenters. The molecule has 1 aromatic carbocycles. The Kier molecular flexibility index (Phi) is 2.69. The lowest BCUT2D eigenvalue weighted by molar-refractivity contribution is 0.256. The van der Waals surface area contributed by atoms with E-state index in [1.54, 1.807) is 0 Å². The fraction of sp³-hybridized carbons (Fsp3) is 0. The third kappa shape index (κ3) is 1.99. The van der Waals surface area contributed by atoms with Crippen molar-refractivity contribution in [1.29, 1.82) is 0 Å². The number of rotatable bonds is 2. The Labute approximate surface area is 91.8 Å². The van der Waals surface area contributed by atoms with Gasteiger partial charge in [-0.25, -0.2) is 4.79 Å². The number of amides is 2. The Hall–Kier alpha value is -1.81. The molecule has 2 N–H and O–H groups in total. The summed E-state index contributed by atoms with van der Waals surface area (Å²) < 4.78 is 0. The highest BCUT2D eigenvalue weighted by molar-refractivity contribution is 7.14. The van der Waals surface area contributed by atoms with Crippen molar-refractivity contribution in [2.24, 2.45) is 5.73 Å². The number of para-hydroxylation sites is 1. The molecule has 0 aliphatic heterocycles. The first kappa shape index (κ1) is 9.73. The van der Waals surface area contributed by atoms with Gasteiger partial charge in [-0.15, -0.1) is 11.3 Å². The van der Waals surface area contributed by atoms with Gasteiger partial charge in [0.25, 0.3) is 0 Å². The molecule has 2 rings (SSSR count). The van der Waals surface area contributed by atoms with Crippen LogP contribution in [0, 0.1) is 0 Å². The maximum Gasteiger partial charge on any atom is 0.324 e. The van der Waals surface area contributed by atoms with Gasteiger partial charge in [-0.3, -0.25) is 4.90 Å². The highest BCUT2D eigenvalue weighted by Gasteiger charge is 2.14. The van der Waals surface area contributed by atoms with Crippen molar-refractivity contribution in [1.82, 2.24) is 0 Å². The van der Waals surface area contributed by atoms with Gasteiger partial charge in [-0.2, -0.15) is 0 Å². The topological polar surface area (TPSA) is 46.3 Å². The molecular formula is C11H10N2OS. The number of hydrogen-bond donors (Lipinski definition) is 1. The van der Waals surface area contributed by atoms with E-state index in [0.29, 0.717) is 0 Å². The molecule has 2 amide bonds. The van der Waals surface area contributed by atoms with Gasteiger partial charge in [0.05, 0.1) is 5.69 Å². The molecule has 0 radical (unpaired) electrons. The number of carbonyl (C=O) groups excluding carboxylic acids is 1. The van der Waals surface area contributed by atoms with Crippen molar-refractivity contribution in [3.8, 4) is 0 Å². The maximum absolute atomic E-state index is 11.4. The lowest BCUT2D eigenvalue weighted by Gasteiger charge is -2.18. The first-order chi connectivity index (χ1) is 7.29. The molecule has 76 valence electrons. The number of hydrogen-bond acceptors (Lipinski definition) is 2. The maximum atomic E-state index is 11.4. The second-order valence-corrected chi connectivity index (χ2v) is 3.89. The zero-order valence-electron chi connectivity index (χ0n) is 7.96. The monoisotopic (exact) mass is 218 g/mol. The molecule has 0 saturated carbocycles. The van der Waals surface area contributed by atoms with E-state index in [-0.39, 0.29) is 0 Å². The minimum Gasteiger partial charge on any atom is -0.351 e. The predicted molar refractivity (Wildman–Crippen MR) is 62.5 cm³/mol. The summed E-state index contributed by atoms with van der Waals surface area (Å²) in [6, 6.07) is 12.6. The molecule has 0 aliphatic rings. The molecule has 1 heterocycles. The van der Waals surface area contributed by atoms with Crippen LogP contribution in [0.15, 0.2) is 47.8 Å². The summed E-state index contributed by atoms with van der Waals surface area (Å²) in [4.78, 5) is 12.8. The molecule has 0 bridgehead atoms. The molecule has 0 fully saturated rings. The minimum atomic E-state index is -0.469. The zero-order chi connectivity index (χ0) is 10.7. The number of nitrogens with zero attached hydrogens (tertiary/aromatic N) is 1. The molecule has 4 heteroatoms. The highest BCUT2D eigenvalue weighted by atomic mass is 32.1. The average molecular weight is 218 g/mol. The van der Waals surface area contributed by atoms with Gasteiger partial charge < -0.3 is 5.73 Å². The molecule has 2 aromatic rings. The second-order valence-electron chi connectivity index (χ2n) is 2.96. The van der Waals surface area contributed by atoms with Crippen molar-refractivity contribution in [2.75, 3.05) is 4.90 Å². The van der Waals surface area contributed by atoms with Crippen molar-refractivity contribution >= 4 is 28.1 Å². The number of anilines is 2. The van der Waals surface area contributed by atoms with E-state index in [0.717, 1.165) is 10.7 Å². The van der Waals surface area contributed by atoms with Gasteiger partial charge in [-0.1, -0.05) is 18.2 Å². The summed E-state index contributed by atoms with van der Waals surface area (Å²) in [6.45, 7) is 0. The summed E-state index contributed by atoms with van der Waals surface area (Å²) >= 11 is 1.48. The number of thiophene rings is 1. The fourth-order valence-corrected chi connectivity index (χ4v) is 2.09. The van der Waals surface area contributed by atoms with Crippen LogP contribution in [0.4, 0.5) is 15.5 Å². The summed E-state index contributed by atoms with van der Waals surface area (Å²) in [5.74, 6) is 0. The molecule has 0 spiro atoms.